The maximum Gasteiger partial charge on any atom is 0.226 e. The van der Waals surface area contributed by atoms with E-state index in [1.807, 2.05) is 18.2 Å². The van der Waals surface area contributed by atoms with Crippen molar-refractivity contribution < 1.29 is 18.7 Å². The number of hydrogen-bond acceptors (Lipinski definition) is 6. The summed E-state index contributed by atoms with van der Waals surface area (Å²) in [6.07, 6.45) is 1.60. The van der Waals surface area contributed by atoms with Gasteiger partial charge >= 0.3 is 0 Å². The second-order valence-corrected chi connectivity index (χ2v) is 8.49. The molecule has 0 amide bonds. The minimum Gasteiger partial charge on any atom is -0.488 e. The lowest BCUT2D eigenvalue weighted by Gasteiger charge is -2.09. The summed E-state index contributed by atoms with van der Waals surface area (Å²) >= 11 is 13.6. The van der Waals surface area contributed by atoms with Gasteiger partial charge in [0.15, 0.2) is 11.6 Å². The Bertz CT molecular complexity index is 1220. The fourth-order valence-electron chi connectivity index (χ4n) is 2.91. The summed E-state index contributed by atoms with van der Waals surface area (Å²) in [6, 6.07) is 15.4. The van der Waals surface area contributed by atoms with E-state index < -0.39 is 5.82 Å². The van der Waals surface area contributed by atoms with Crippen molar-refractivity contribution in [1.82, 2.24) is 9.97 Å². The molecule has 1 N–H and O–H groups in total. The molecule has 0 saturated carbocycles. The largest absolute Gasteiger partial charge is 0.488 e. The van der Waals surface area contributed by atoms with Crippen LogP contribution in [-0.2, 0) is 5.75 Å². The molecule has 2 heterocycles. The Hall–Kier alpha value is -2.58. The van der Waals surface area contributed by atoms with Gasteiger partial charge in [-0.25, -0.2) is 14.4 Å². The van der Waals surface area contributed by atoms with Crippen molar-refractivity contribution in [3.05, 3.63) is 82.5 Å². The molecule has 2 aromatic carbocycles. The maximum atomic E-state index is 14.3. The molecule has 0 atom stereocenters. The zero-order chi connectivity index (χ0) is 22.5. The van der Waals surface area contributed by atoms with Crippen LogP contribution in [0.1, 0.15) is 5.69 Å². The van der Waals surface area contributed by atoms with Crippen molar-refractivity contribution >= 4 is 35.0 Å². The van der Waals surface area contributed by atoms with E-state index in [0.717, 1.165) is 16.8 Å². The number of ether oxygens (including phenoxy) is 1. The molecule has 0 bridgehead atoms. The number of aliphatic hydroxyl groups is 1. The molecule has 0 aliphatic rings. The highest BCUT2D eigenvalue weighted by atomic mass is 35.5. The normalized spacial score (nSPS) is 11.0. The van der Waals surface area contributed by atoms with Gasteiger partial charge in [0.1, 0.15) is 18.0 Å². The van der Waals surface area contributed by atoms with Crippen LogP contribution in [-0.4, -0.2) is 28.3 Å². The van der Waals surface area contributed by atoms with Crippen molar-refractivity contribution in [1.29, 1.82) is 0 Å². The Kier molecular flexibility index (Phi) is 7.32. The molecule has 4 aromatic rings. The van der Waals surface area contributed by atoms with Crippen LogP contribution < -0.4 is 4.74 Å². The molecule has 5 nitrogen and oxygen atoms in total. The smallest absolute Gasteiger partial charge is 0.226 e. The number of aromatic nitrogens is 2. The summed E-state index contributed by atoms with van der Waals surface area (Å²) in [4.78, 5) is 8.84. The van der Waals surface area contributed by atoms with Crippen LogP contribution in [0.15, 0.2) is 70.3 Å². The number of rotatable bonds is 8. The zero-order valence-corrected chi connectivity index (χ0v) is 18.9. The SMILES string of the molecule is OCCOc1ccc(-c2cc(Cl)nc(SCc3coc(-c4ccc(Cl)cc4)n3)c2)cc1F. The molecule has 0 unspecified atom stereocenters. The van der Waals surface area contributed by atoms with Crippen LogP contribution in [0.5, 0.6) is 5.75 Å². The maximum absolute atomic E-state index is 14.3. The number of benzene rings is 2. The molecule has 0 aliphatic heterocycles. The van der Waals surface area contributed by atoms with Gasteiger partial charge in [0.25, 0.3) is 0 Å². The number of nitrogens with zero attached hydrogens (tertiary/aromatic N) is 2. The second-order valence-electron chi connectivity index (χ2n) is 6.67. The molecule has 164 valence electrons. The minimum absolute atomic E-state index is 0.0277. The molecule has 0 saturated heterocycles. The first-order valence-electron chi connectivity index (χ1n) is 9.56. The molecule has 0 spiro atoms. The van der Waals surface area contributed by atoms with E-state index in [-0.39, 0.29) is 19.0 Å². The van der Waals surface area contributed by atoms with E-state index in [9.17, 15) is 4.39 Å². The zero-order valence-electron chi connectivity index (χ0n) is 16.6. The van der Waals surface area contributed by atoms with E-state index in [2.05, 4.69) is 9.97 Å². The van der Waals surface area contributed by atoms with Crippen LogP contribution in [0.4, 0.5) is 4.39 Å². The molecule has 0 aliphatic carbocycles. The second kappa shape index (κ2) is 10.4. The van der Waals surface area contributed by atoms with Crippen molar-refractivity contribution in [2.75, 3.05) is 13.2 Å². The predicted molar refractivity (Wildman–Crippen MR) is 124 cm³/mol. The molecular formula is C23H17Cl2FN2O3S. The number of aliphatic hydroxyl groups excluding tert-OH is 1. The summed E-state index contributed by atoms with van der Waals surface area (Å²) in [5.41, 5.74) is 2.94. The van der Waals surface area contributed by atoms with Crippen LogP contribution in [0.3, 0.4) is 0 Å². The predicted octanol–water partition coefficient (Wildman–Crippen LogP) is 6.51. The van der Waals surface area contributed by atoms with Crippen molar-refractivity contribution in [3.8, 4) is 28.3 Å². The van der Waals surface area contributed by atoms with Crippen LogP contribution in [0, 0.1) is 5.82 Å². The van der Waals surface area contributed by atoms with Crippen molar-refractivity contribution in [2.24, 2.45) is 0 Å². The van der Waals surface area contributed by atoms with E-state index in [1.165, 1.54) is 23.9 Å². The van der Waals surface area contributed by atoms with E-state index in [4.69, 9.17) is 37.5 Å². The van der Waals surface area contributed by atoms with Crippen LogP contribution in [0.25, 0.3) is 22.6 Å². The van der Waals surface area contributed by atoms with E-state index in [0.29, 0.717) is 32.4 Å². The lowest BCUT2D eigenvalue weighted by Crippen LogP contribution is -2.03. The molecular weight excluding hydrogens is 474 g/mol. The van der Waals surface area contributed by atoms with Crippen molar-refractivity contribution in [3.63, 3.8) is 0 Å². The van der Waals surface area contributed by atoms with Gasteiger partial charge in [-0.2, -0.15) is 0 Å². The summed E-state index contributed by atoms with van der Waals surface area (Å²) in [5.74, 6) is 0.595. The Balaban J connectivity index is 1.48. The topological polar surface area (TPSA) is 68.4 Å². The number of pyridine rings is 1. The molecule has 0 radical (unpaired) electrons. The van der Waals surface area contributed by atoms with Gasteiger partial charge in [-0.3, -0.25) is 0 Å². The summed E-state index contributed by atoms with van der Waals surface area (Å²) in [7, 11) is 0. The van der Waals surface area contributed by atoms with Gasteiger partial charge < -0.3 is 14.3 Å². The quantitative estimate of drug-likeness (QED) is 0.224. The fraction of sp³-hybridized carbons (Fsp3) is 0.130. The Morgan fingerprint density at radius 3 is 2.50 bits per heavy atom. The first kappa shape index (κ1) is 22.6. The average molecular weight is 491 g/mol. The molecule has 2 aromatic heterocycles. The fourth-order valence-corrected chi connectivity index (χ4v) is 4.10. The summed E-state index contributed by atoms with van der Waals surface area (Å²) < 4.78 is 25.0. The van der Waals surface area contributed by atoms with Crippen LogP contribution >= 0.6 is 35.0 Å². The summed E-state index contributed by atoms with van der Waals surface area (Å²) in [6.45, 7) is -0.158. The van der Waals surface area contributed by atoms with Gasteiger partial charge in [-0.05, 0) is 59.7 Å². The van der Waals surface area contributed by atoms with E-state index in [1.54, 1.807) is 30.5 Å². The lowest BCUT2D eigenvalue weighted by atomic mass is 10.1. The Morgan fingerprint density at radius 1 is 0.969 bits per heavy atom. The highest BCUT2D eigenvalue weighted by Gasteiger charge is 2.11. The first-order valence-corrected chi connectivity index (χ1v) is 11.3. The third kappa shape index (κ3) is 5.61. The molecule has 9 heteroatoms. The lowest BCUT2D eigenvalue weighted by molar-refractivity contribution is 0.196. The minimum atomic E-state index is -0.518. The molecule has 32 heavy (non-hydrogen) atoms. The Labute approximate surface area is 198 Å². The van der Waals surface area contributed by atoms with Crippen molar-refractivity contribution in [2.45, 2.75) is 10.8 Å². The average Bonchev–Trinajstić information content (AvgIpc) is 3.26. The third-order valence-electron chi connectivity index (χ3n) is 4.40. The molecule has 4 rings (SSSR count). The van der Waals surface area contributed by atoms with Gasteiger partial charge in [-0.1, -0.05) is 41.0 Å². The van der Waals surface area contributed by atoms with Gasteiger partial charge in [0, 0.05) is 16.3 Å². The van der Waals surface area contributed by atoms with E-state index >= 15 is 0 Å². The first-order chi connectivity index (χ1) is 15.5. The summed E-state index contributed by atoms with van der Waals surface area (Å²) in [5, 5.41) is 10.4. The monoisotopic (exact) mass is 490 g/mol. The van der Waals surface area contributed by atoms with Crippen LogP contribution in [0.2, 0.25) is 10.2 Å². The Morgan fingerprint density at radius 2 is 1.75 bits per heavy atom. The number of oxazole rings is 1. The molecule has 0 fully saturated rings. The van der Waals surface area contributed by atoms with Gasteiger partial charge in [0.05, 0.1) is 17.3 Å². The number of hydrogen-bond donors (Lipinski definition) is 1. The highest BCUT2D eigenvalue weighted by molar-refractivity contribution is 7.98. The number of thioether (sulfide) groups is 1. The third-order valence-corrected chi connectivity index (χ3v) is 5.79. The van der Waals surface area contributed by atoms with Gasteiger partial charge in [-0.15, -0.1) is 0 Å². The highest BCUT2D eigenvalue weighted by Crippen LogP contribution is 2.31. The standard InChI is InChI=1S/C23H17Cl2FN2O3S/c24-17-4-1-14(2-5-17)23-27-18(12-31-23)13-32-22-11-16(10-21(25)28-22)15-3-6-20(19(26)9-15)30-8-7-29/h1-6,9-12,29H,7-8,13H2. The van der Waals surface area contributed by atoms with Gasteiger partial charge in [0.2, 0.25) is 5.89 Å². The number of halogens is 3.